The average molecular weight is 424 g/mol. The molecule has 30 heavy (non-hydrogen) atoms. The summed E-state index contributed by atoms with van der Waals surface area (Å²) in [6.07, 6.45) is 1.56. The highest BCUT2D eigenvalue weighted by molar-refractivity contribution is 7.99. The molecule has 0 radical (unpaired) electrons. The lowest BCUT2D eigenvalue weighted by Crippen LogP contribution is -2.41. The van der Waals surface area contributed by atoms with Crippen molar-refractivity contribution in [2.75, 3.05) is 11.1 Å². The summed E-state index contributed by atoms with van der Waals surface area (Å²) in [7, 11) is 1.79. The molecule has 0 aliphatic rings. The van der Waals surface area contributed by atoms with Gasteiger partial charge in [-0.05, 0) is 36.8 Å². The fraction of sp³-hybridized carbons (Fsp3) is 0.150. The van der Waals surface area contributed by atoms with Gasteiger partial charge in [-0.25, -0.2) is 0 Å². The van der Waals surface area contributed by atoms with Crippen LogP contribution in [0.4, 0.5) is 5.69 Å². The van der Waals surface area contributed by atoms with E-state index in [9.17, 15) is 14.4 Å². The summed E-state index contributed by atoms with van der Waals surface area (Å²) in [5.41, 5.74) is 6.81. The molecule has 3 N–H and O–H groups in total. The Labute approximate surface area is 177 Å². The summed E-state index contributed by atoms with van der Waals surface area (Å²) in [5, 5.41) is 11.0. The summed E-state index contributed by atoms with van der Waals surface area (Å²) in [4.78, 5) is 36.7. The Hall–Kier alpha value is -3.66. The number of carbonyl (C=O) groups is 3. The molecule has 0 bridgehead atoms. The third-order valence-corrected chi connectivity index (χ3v) is 5.12. The van der Waals surface area contributed by atoms with Crippen molar-refractivity contribution in [1.82, 2.24) is 25.6 Å². The lowest BCUT2D eigenvalue weighted by atomic mass is 10.1. The summed E-state index contributed by atoms with van der Waals surface area (Å²) >= 11 is 1.25. The van der Waals surface area contributed by atoms with E-state index in [-0.39, 0.29) is 11.7 Å². The molecule has 0 atom stereocenters. The molecule has 0 aliphatic heterocycles. The first-order chi connectivity index (χ1) is 14.4. The molecule has 10 heteroatoms. The van der Waals surface area contributed by atoms with Gasteiger partial charge >= 0.3 is 0 Å². The number of hydrogen-bond donors (Lipinski definition) is 3. The zero-order valence-electron chi connectivity index (χ0n) is 16.4. The van der Waals surface area contributed by atoms with Crippen molar-refractivity contribution in [1.29, 1.82) is 0 Å². The zero-order chi connectivity index (χ0) is 21.5. The SMILES string of the molecule is Cc1ccccc1C(=O)NNC(=O)c1cccc(NC(=O)CSc2nncn2C)c1. The number of nitrogens with one attached hydrogen (secondary N) is 3. The van der Waals surface area contributed by atoms with Crippen molar-refractivity contribution in [2.24, 2.45) is 7.05 Å². The minimum absolute atomic E-state index is 0.148. The van der Waals surface area contributed by atoms with Gasteiger partial charge < -0.3 is 9.88 Å². The lowest BCUT2D eigenvalue weighted by molar-refractivity contribution is -0.113. The van der Waals surface area contributed by atoms with Crippen LogP contribution in [0.25, 0.3) is 0 Å². The molecule has 154 valence electrons. The van der Waals surface area contributed by atoms with Crippen molar-refractivity contribution in [3.63, 3.8) is 0 Å². The van der Waals surface area contributed by atoms with Gasteiger partial charge in [0.15, 0.2) is 5.16 Å². The van der Waals surface area contributed by atoms with Crippen LogP contribution in [-0.2, 0) is 11.8 Å². The molecular formula is C20H20N6O3S. The topological polar surface area (TPSA) is 118 Å². The highest BCUT2D eigenvalue weighted by Crippen LogP contribution is 2.15. The number of nitrogens with zero attached hydrogens (tertiary/aromatic N) is 3. The van der Waals surface area contributed by atoms with Crippen LogP contribution >= 0.6 is 11.8 Å². The van der Waals surface area contributed by atoms with E-state index < -0.39 is 11.8 Å². The quantitative estimate of drug-likeness (QED) is 0.411. The van der Waals surface area contributed by atoms with Crippen molar-refractivity contribution in [2.45, 2.75) is 12.1 Å². The largest absolute Gasteiger partial charge is 0.325 e. The van der Waals surface area contributed by atoms with Crippen LogP contribution in [0.5, 0.6) is 0 Å². The molecular weight excluding hydrogens is 404 g/mol. The molecule has 0 spiro atoms. The number of hydrogen-bond acceptors (Lipinski definition) is 6. The summed E-state index contributed by atoms with van der Waals surface area (Å²) in [6, 6.07) is 13.5. The normalized spacial score (nSPS) is 10.3. The molecule has 3 aromatic rings. The fourth-order valence-electron chi connectivity index (χ4n) is 2.55. The maximum absolute atomic E-state index is 12.4. The van der Waals surface area contributed by atoms with E-state index in [1.165, 1.54) is 17.8 Å². The van der Waals surface area contributed by atoms with Crippen LogP contribution in [0.15, 0.2) is 60.0 Å². The van der Waals surface area contributed by atoms with E-state index in [0.717, 1.165) is 5.56 Å². The van der Waals surface area contributed by atoms with E-state index >= 15 is 0 Å². The molecule has 0 saturated carbocycles. The Morgan fingerprint density at radius 1 is 1.03 bits per heavy atom. The second-order valence-electron chi connectivity index (χ2n) is 6.37. The van der Waals surface area contributed by atoms with E-state index in [2.05, 4.69) is 26.4 Å². The summed E-state index contributed by atoms with van der Waals surface area (Å²) in [5.74, 6) is -1.00. The molecule has 0 saturated heterocycles. The number of carbonyl (C=O) groups excluding carboxylic acids is 3. The monoisotopic (exact) mass is 424 g/mol. The molecule has 3 amide bonds. The zero-order valence-corrected chi connectivity index (χ0v) is 17.2. The van der Waals surface area contributed by atoms with E-state index in [0.29, 0.717) is 22.0 Å². The highest BCUT2D eigenvalue weighted by atomic mass is 32.2. The highest BCUT2D eigenvalue weighted by Gasteiger charge is 2.12. The molecule has 0 unspecified atom stereocenters. The van der Waals surface area contributed by atoms with Gasteiger partial charge in [0.05, 0.1) is 5.75 Å². The van der Waals surface area contributed by atoms with E-state index in [1.807, 2.05) is 19.1 Å². The maximum Gasteiger partial charge on any atom is 0.269 e. The fourth-order valence-corrected chi connectivity index (χ4v) is 3.24. The van der Waals surface area contributed by atoms with Gasteiger partial charge in [0, 0.05) is 23.9 Å². The van der Waals surface area contributed by atoms with Gasteiger partial charge in [0.25, 0.3) is 11.8 Å². The first-order valence-electron chi connectivity index (χ1n) is 8.97. The van der Waals surface area contributed by atoms with Gasteiger partial charge in [0.1, 0.15) is 6.33 Å². The number of aromatic nitrogens is 3. The van der Waals surface area contributed by atoms with Gasteiger partial charge in [0.2, 0.25) is 5.91 Å². The predicted molar refractivity (Wildman–Crippen MR) is 113 cm³/mol. The second-order valence-corrected chi connectivity index (χ2v) is 7.31. The number of amides is 3. The Morgan fingerprint density at radius 3 is 2.53 bits per heavy atom. The first-order valence-corrected chi connectivity index (χ1v) is 9.95. The first kappa shape index (κ1) is 21.1. The molecule has 1 heterocycles. The van der Waals surface area contributed by atoms with Crippen LogP contribution in [0.2, 0.25) is 0 Å². The molecule has 3 rings (SSSR count). The lowest BCUT2D eigenvalue weighted by Gasteiger charge is -2.10. The van der Waals surface area contributed by atoms with Crippen molar-refractivity contribution < 1.29 is 14.4 Å². The Balaban J connectivity index is 1.54. The maximum atomic E-state index is 12.4. The van der Waals surface area contributed by atoms with Crippen LogP contribution in [0.1, 0.15) is 26.3 Å². The Kier molecular flexibility index (Phi) is 6.81. The minimum Gasteiger partial charge on any atom is -0.325 e. The standard InChI is InChI=1S/C20H20N6O3S/c1-13-6-3-4-9-16(13)19(29)24-23-18(28)14-7-5-8-15(10-14)22-17(27)11-30-20-25-21-12-26(20)2/h3-10,12H,11H2,1-2H3,(H,22,27)(H,23,28)(H,24,29). The molecule has 0 fully saturated rings. The number of aryl methyl sites for hydroxylation is 2. The third-order valence-electron chi connectivity index (χ3n) is 4.09. The van der Waals surface area contributed by atoms with Gasteiger partial charge in [-0.2, -0.15) is 0 Å². The smallest absolute Gasteiger partial charge is 0.269 e. The number of anilines is 1. The average Bonchev–Trinajstić information content (AvgIpc) is 3.15. The minimum atomic E-state index is -0.499. The van der Waals surface area contributed by atoms with Crippen molar-refractivity contribution >= 4 is 35.2 Å². The van der Waals surface area contributed by atoms with Crippen LogP contribution in [0, 0.1) is 6.92 Å². The Bertz CT molecular complexity index is 1080. The number of rotatable bonds is 6. The number of benzene rings is 2. The van der Waals surface area contributed by atoms with Gasteiger partial charge in [-0.15, -0.1) is 10.2 Å². The van der Waals surface area contributed by atoms with Crippen molar-refractivity contribution in [3.8, 4) is 0 Å². The van der Waals surface area contributed by atoms with Crippen molar-refractivity contribution in [3.05, 3.63) is 71.5 Å². The Morgan fingerprint density at radius 2 is 1.80 bits per heavy atom. The molecule has 9 nitrogen and oxygen atoms in total. The molecule has 1 aromatic heterocycles. The summed E-state index contributed by atoms with van der Waals surface area (Å²) < 4.78 is 1.72. The van der Waals surface area contributed by atoms with E-state index in [4.69, 9.17) is 0 Å². The molecule has 2 aromatic carbocycles. The van der Waals surface area contributed by atoms with Crippen LogP contribution in [-0.4, -0.2) is 38.2 Å². The number of thioether (sulfide) groups is 1. The van der Waals surface area contributed by atoms with E-state index in [1.54, 1.807) is 48.3 Å². The molecule has 0 aliphatic carbocycles. The third kappa shape index (κ3) is 5.45. The van der Waals surface area contributed by atoms with Crippen LogP contribution in [0.3, 0.4) is 0 Å². The van der Waals surface area contributed by atoms with Gasteiger partial charge in [-0.3, -0.25) is 25.2 Å². The number of hydrazine groups is 1. The predicted octanol–water partition coefficient (Wildman–Crippen LogP) is 1.93. The van der Waals surface area contributed by atoms with Gasteiger partial charge in [-0.1, -0.05) is 36.0 Å². The second kappa shape index (κ2) is 9.70. The van der Waals surface area contributed by atoms with Crippen LogP contribution < -0.4 is 16.2 Å². The summed E-state index contributed by atoms with van der Waals surface area (Å²) in [6.45, 7) is 1.81.